The van der Waals surface area contributed by atoms with Gasteiger partial charge in [-0.3, -0.25) is 14.6 Å². The Hall–Kier alpha value is -2.80. The predicted octanol–water partition coefficient (Wildman–Crippen LogP) is 2.13. The summed E-state index contributed by atoms with van der Waals surface area (Å²) in [5, 5.41) is 0.473. The molecule has 0 saturated carbocycles. The molecular formula is C21H24ClN5O2. The number of benzene rings is 1. The van der Waals surface area contributed by atoms with Gasteiger partial charge in [-0.15, -0.1) is 0 Å². The maximum atomic E-state index is 12.9. The monoisotopic (exact) mass is 413 g/mol. The number of hydrogen-bond donors (Lipinski definition) is 1. The molecule has 1 unspecified atom stereocenters. The second-order valence-corrected chi connectivity index (χ2v) is 8.12. The van der Waals surface area contributed by atoms with Gasteiger partial charge in [0.15, 0.2) is 0 Å². The molecule has 0 spiro atoms. The standard InChI is InChI=1S/C21H24ClN5O2/c1-25(21(29)18-10-15(22)2-3-19(18)23)17-12-27(13-17)20(28)14-6-9-26(11-14)16-4-7-24-8-5-16/h2-5,7-8,10,14,17H,6,9,11-13,23H2,1H3. The van der Waals surface area contributed by atoms with Crippen LogP contribution in [0.4, 0.5) is 11.4 Å². The lowest BCUT2D eigenvalue weighted by Gasteiger charge is -2.45. The zero-order chi connectivity index (χ0) is 20.5. The summed E-state index contributed by atoms with van der Waals surface area (Å²) in [5.74, 6) is -0.0125. The van der Waals surface area contributed by atoms with Crippen molar-refractivity contribution >= 4 is 34.8 Å². The lowest BCUT2D eigenvalue weighted by atomic mass is 10.0. The van der Waals surface area contributed by atoms with E-state index in [0.717, 1.165) is 25.2 Å². The van der Waals surface area contributed by atoms with Crippen molar-refractivity contribution in [1.29, 1.82) is 0 Å². The van der Waals surface area contributed by atoms with E-state index in [1.807, 2.05) is 17.0 Å². The molecule has 2 aliphatic heterocycles. The van der Waals surface area contributed by atoms with Gasteiger partial charge in [-0.25, -0.2) is 0 Å². The zero-order valence-electron chi connectivity index (χ0n) is 16.3. The average molecular weight is 414 g/mol. The number of anilines is 2. The van der Waals surface area contributed by atoms with E-state index in [4.69, 9.17) is 17.3 Å². The van der Waals surface area contributed by atoms with Crippen LogP contribution in [0.3, 0.4) is 0 Å². The maximum absolute atomic E-state index is 12.9. The summed E-state index contributed by atoms with van der Waals surface area (Å²) < 4.78 is 0. The number of rotatable bonds is 4. The van der Waals surface area contributed by atoms with Gasteiger partial charge in [0.2, 0.25) is 5.91 Å². The van der Waals surface area contributed by atoms with E-state index in [2.05, 4.69) is 9.88 Å². The number of hydrogen-bond acceptors (Lipinski definition) is 5. The molecule has 0 radical (unpaired) electrons. The Bertz CT molecular complexity index is 917. The first-order chi connectivity index (χ1) is 13.9. The third-order valence-electron chi connectivity index (χ3n) is 5.85. The van der Waals surface area contributed by atoms with Gasteiger partial charge in [0.1, 0.15) is 0 Å². The molecule has 1 aromatic carbocycles. The Morgan fingerprint density at radius 3 is 2.62 bits per heavy atom. The maximum Gasteiger partial charge on any atom is 0.256 e. The molecule has 2 aromatic rings. The highest BCUT2D eigenvalue weighted by atomic mass is 35.5. The number of carbonyl (C=O) groups excluding carboxylic acids is 2. The van der Waals surface area contributed by atoms with Crippen molar-refractivity contribution in [1.82, 2.24) is 14.8 Å². The Labute approximate surface area is 175 Å². The molecule has 29 heavy (non-hydrogen) atoms. The second kappa shape index (κ2) is 7.91. The van der Waals surface area contributed by atoms with E-state index < -0.39 is 0 Å². The summed E-state index contributed by atoms with van der Waals surface area (Å²) in [6.45, 7) is 2.68. The van der Waals surface area contributed by atoms with Gasteiger partial charge in [0, 0.05) is 62.0 Å². The van der Waals surface area contributed by atoms with Gasteiger partial charge in [0.05, 0.1) is 17.5 Å². The minimum absolute atomic E-state index is 0.00584. The number of likely N-dealkylation sites (N-methyl/N-ethyl adjacent to an activating group) is 1. The quantitative estimate of drug-likeness (QED) is 0.776. The molecule has 0 bridgehead atoms. The predicted molar refractivity (Wildman–Crippen MR) is 113 cm³/mol. The van der Waals surface area contributed by atoms with Crippen molar-refractivity contribution < 1.29 is 9.59 Å². The molecule has 152 valence electrons. The third kappa shape index (κ3) is 3.87. The highest BCUT2D eigenvalue weighted by molar-refractivity contribution is 6.31. The molecule has 1 aromatic heterocycles. The average Bonchev–Trinajstić information content (AvgIpc) is 3.19. The molecule has 4 rings (SSSR count). The van der Waals surface area contributed by atoms with Gasteiger partial charge < -0.3 is 20.4 Å². The highest BCUT2D eigenvalue weighted by Gasteiger charge is 2.40. The van der Waals surface area contributed by atoms with Crippen LogP contribution < -0.4 is 10.6 Å². The molecule has 3 heterocycles. The first-order valence-corrected chi connectivity index (χ1v) is 10.1. The summed E-state index contributed by atoms with van der Waals surface area (Å²) >= 11 is 6.00. The first-order valence-electron chi connectivity index (χ1n) is 9.70. The SMILES string of the molecule is CN(C(=O)c1cc(Cl)ccc1N)C1CN(C(=O)C2CCN(c3ccncc3)C2)C1. The van der Waals surface area contributed by atoms with Crippen LogP contribution in [0.5, 0.6) is 0 Å². The van der Waals surface area contributed by atoms with Crippen molar-refractivity contribution in [2.45, 2.75) is 12.5 Å². The summed E-state index contributed by atoms with van der Waals surface area (Å²) in [6, 6.07) is 8.80. The topological polar surface area (TPSA) is 82.8 Å². The van der Waals surface area contributed by atoms with Crippen molar-refractivity contribution in [2.24, 2.45) is 5.92 Å². The highest BCUT2D eigenvalue weighted by Crippen LogP contribution is 2.27. The number of halogens is 1. The fourth-order valence-corrected chi connectivity index (χ4v) is 4.13. The number of carbonyl (C=O) groups is 2. The molecule has 2 saturated heterocycles. The Morgan fingerprint density at radius 2 is 1.90 bits per heavy atom. The first kappa shape index (κ1) is 19.5. The minimum atomic E-state index is -0.174. The molecule has 2 fully saturated rings. The molecule has 8 heteroatoms. The number of pyridine rings is 1. The van der Waals surface area contributed by atoms with Crippen molar-refractivity contribution in [3.8, 4) is 0 Å². The van der Waals surface area contributed by atoms with E-state index in [-0.39, 0.29) is 23.8 Å². The van der Waals surface area contributed by atoms with E-state index in [1.165, 1.54) is 0 Å². The fraction of sp³-hybridized carbons (Fsp3) is 0.381. The van der Waals surface area contributed by atoms with Gasteiger partial charge >= 0.3 is 0 Å². The number of nitrogens with two attached hydrogens (primary N) is 1. The van der Waals surface area contributed by atoms with Crippen molar-refractivity contribution in [3.05, 3.63) is 53.3 Å². The third-order valence-corrected chi connectivity index (χ3v) is 6.09. The molecule has 2 amide bonds. The van der Waals surface area contributed by atoms with Crippen molar-refractivity contribution in [3.63, 3.8) is 0 Å². The summed E-state index contributed by atoms with van der Waals surface area (Å²) in [4.78, 5) is 35.4. The van der Waals surface area contributed by atoms with Gasteiger partial charge in [0.25, 0.3) is 5.91 Å². The van der Waals surface area contributed by atoms with E-state index in [9.17, 15) is 9.59 Å². The normalized spacial score (nSPS) is 19.2. The van der Waals surface area contributed by atoms with Crippen molar-refractivity contribution in [2.75, 3.05) is 43.9 Å². The second-order valence-electron chi connectivity index (χ2n) is 7.68. The number of nitrogen functional groups attached to an aromatic ring is 1. The lowest BCUT2D eigenvalue weighted by molar-refractivity contribution is -0.141. The molecule has 2 aliphatic rings. The van der Waals surface area contributed by atoms with Gasteiger partial charge in [-0.2, -0.15) is 0 Å². The zero-order valence-corrected chi connectivity index (χ0v) is 17.0. The van der Waals surface area contributed by atoms with Crippen LogP contribution in [0.2, 0.25) is 5.02 Å². The smallest absolute Gasteiger partial charge is 0.256 e. The van der Waals surface area contributed by atoms with Crippen LogP contribution in [-0.4, -0.2) is 65.9 Å². The summed E-state index contributed by atoms with van der Waals surface area (Å²) in [7, 11) is 1.75. The lowest BCUT2D eigenvalue weighted by Crippen LogP contribution is -2.62. The molecule has 7 nitrogen and oxygen atoms in total. The molecular weight excluding hydrogens is 390 g/mol. The van der Waals surface area contributed by atoms with Crippen LogP contribution in [-0.2, 0) is 4.79 Å². The van der Waals surface area contributed by atoms with E-state index in [1.54, 1.807) is 42.5 Å². The number of amides is 2. The van der Waals surface area contributed by atoms with E-state index in [0.29, 0.717) is 29.4 Å². The number of nitrogens with zero attached hydrogens (tertiary/aromatic N) is 4. The summed E-state index contributed by atoms with van der Waals surface area (Å²) in [6.07, 6.45) is 4.38. The summed E-state index contributed by atoms with van der Waals surface area (Å²) in [5.41, 5.74) is 7.83. The van der Waals surface area contributed by atoms with Crippen LogP contribution >= 0.6 is 11.6 Å². The molecule has 0 aliphatic carbocycles. The van der Waals surface area contributed by atoms with Crippen LogP contribution in [0.15, 0.2) is 42.7 Å². The van der Waals surface area contributed by atoms with Crippen LogP contribution in [0.25, 0.3) is 0 Å². The van der Waals surface area contributed by atoms with Crippen LogP contribution in [0, 0.1) is 5.92 Å². The van der Waals surface area contributed by atoms with Crippen LogP contribution in [0.1, 0.15) is 16.8 Å². The molecule has 1 atom stereocenters. The molecule has 2 N–H and O–H groups in total. The van der Waals surface area contributed by atoms with E-state index >= 15 is 0 Å². The Morgan fingerprint density at radius 1 is 1.17 bits per heavy atom. The largest absolute Gasteiger partial charge is 0.398 e. The Balaban J connectivity index is 1.32. The minimum Gasteiger partial charge on any atom is -0.398 e. The number of aromatic nitrogens is 1. The van der Waals surface area contributed by atoms with Gasteiger partial charge in [-0.1, -0.05) is 11.6 Å². The Kier molecular flexibility index (Phi) is 5.32. The van der Waals surface area contributed by atoms with Gasteiger partial charge in [-0.05, 0) is 36.8 Å². The fourth-order valence-electron chi connectivity index (χ4n) is 3.96. The number of likely N-dealkylation sites (tertiary alicyclic amines) is 1.